The second-order valence-electron chi connectivity index (χ2n) is 6.09. The van der Waals surface area contributed by atoms with Crippen molar-refractivity contribution in [3.05, 3.63) is 30.1 Å². The van der Waals surface area contributed by atoms with E-state index in [1.807, 2.05) is 0 Å². The van der Waals surface area contributed by atoms with Crippen LogP contribution in [0.2, 0.25) is 0 Å². The second kappa shape index (κ2) is 7.40. The SMILES string of the molecule is O=C1O[C@@H](Cn2ncnn2)CN1c1cc(F)c(N2CCNOCC2)c(F)c1. The van der Waals surface area contributed by atoms with Crippen LogP contribution >= 0.6 is 0 Å². The highest BCUT2D eigenvalue weighted by molar-refractivity contribution is 5.90. The molecule has 2 aliphatic rings. The van der Waals surface area contributed by atoms with E-state index in [9.17, 15) is 13.6 Å². The molecule has 1 aromatic carbocycles. The number of hydroxylamine groups is 1. The van der Waals surface area contributed by atoms with E-state index in [1.165, 1.54) is 16.0 Å². The number of halogens is 2. The summed E-state index contributed by atoms with van der Waals surface area (Å²) in [5, 5.41) is 11.1. The molecule has 2 fully saturated rings. The average Bonchev–Trinajstić information content (AvgIpc) is 3.18. The number of hydrogen-bond acceptors (Lipinski definition) is 8. The Morgan fingerprint density at radius 3 is 2.81 bits per heavy atom. The van der Waals surface area contributed by atoms with Gasteiger partial charge < -0.3 is 9.64 Å². The fraction of sp³-hybridized carbons (Fsp3) is 0.467. The highest BCUT2D eigenvalue weighted by Crippen LogP contribution is 2.31. The van der Waals surface area contributed by atoms with Gasteiger partial charge in [0.15, 0.2) is 18.0 Å². The molecule has 2 saturated heterocycles. The zero-order valence-electron chi connectivity index (χ0n) is 14.2. The molecule has 12 heteroatoms. The summed E-state index contributed by atoms with van der Waals surface area (Å²) in [5.41, 5.74) is 2.66. The fourth-order valence-corrected chi connectivity index (χ4v) is 3.11. The van der Waals surface area contributed by atoms with E-state index in [4.69, 9.17) is 9.57 Å². The molecule has 4 rings (SSSR count). The molecule has 1 amide bonds. The Labute approximate surface area is 152 Å². The molecule has 3 heterocycles. The summed E-state index contributed by atoms with van der Waals surface area (Å²) in [6.07, 6.45) is 0.0342. The van der Waals surface area contributed by atoms with E-state index in [1.54, 1.807) is 4.90 Å². The lowest BCUT2D eigenvalue weighted by Gasteiger charge is -2.24. The van der Waals surface area contributed by atoms with Gasteiger partial charge in [0, 0.05) is 31.8 Å². The van der Waals surface area contributed by atoms with Crippen LogP contribution in [0.25, 0.3) is 0 Å². The minimum Gasteiger partial charge on any atom is -0.442 e. The van der Waals surface area contributed by atoms with Crippen LogP contribution in [-0.4, -0.2) is 65.2 Å². The lowest BCUT2D eigenvalue weighted by molar-refractivity contribution is 0.0589. The van der Waals surface area contributed by atoms with Crippen LogP contribution in [0.4, 0.5) is 25.0 Å². The van der Waals surface area contributed by atoms with Gasteiger partial charge in [0.2, 0.25) is 0 Å². The molecule has 27 heavy (non-hydrogen) atoms. The van der Waals surface area contributed by atoms with Crippen molar-refractivity contribution >= 4 is 17.5 Å². The Balaban J connectivity index is 1.53. The Morgan fingerprint density at radius 1 is 1.26 bits per heavy atom. The van der Waals surface area contributed by atoms with Crippen LogP contribution < -0.4 is 15.3 Å². The molecule has 2 aliphatic heterocycles. The zero-order chi connectivity index (χ0) is 18.8. The molecule has 0 unspecified atom stereocenters. The van der Waals surface area contributed by atoms with Crippen molar-refractivity contribution in [3.8, 4) is 0 Å². The molecule has 144 valence electrons. The van der Waals surface area contributed by atoms with Crippen LogP contribution in [0.1, 0.15) is 0 Å². The molecule has 10 nitrogen and oxygen atoms in total. The van der Waals surface area contributed by atoms with Crippen molar-refractivity contribution in [2.45, 2.75) is 12.6 Å². The van der Waals surface area contributed by atoms with Gasteiger partial charge in [-0.05, 0) is 5.21 Å². The molecular formula is C15H17F2N7O3. The van der Waals surface area contributed by atoms with Gasteiger partial charge in [-0.1, -0.05) is 0 Å². The third kappa shape index (κ3) is 3.66. The molecule has 0 saturated carbocycles. The van der Waals surface area contributed by atoms with E-state index in [0.29, 0.717) is 26.2 Å². The minimum atomic E-state index is -0.749. The fourth-order valence-electron chi connectivity index (χ4n) is 3.11. The maximum atomic E-state index is 14.7. The lowest BCUT2D eigenvalue weighted by atomic mass is 10.2. The Kier molecular flexibility index (Phi) is 4.81. The van der Waals surface area contributed by atoms with Crippen molar-refractivity contribution in [2.75, 3.05) is 42.6 Å². The first-order chi connectivity index (χ1) is 13.1. The maximum absolute atomic E-state index is 14.7. The number of nitrogens with one attached hydrogen (secondary N) is 1. The first kappa shape index (κ1) is 17.5. The van der Waals surface area contributed by atoms with Crippen molar-refractivity contribution in [2.24, 2.45) is 0 Å². The number of amides is 1. The number of carbonyl (C=O) groups is 1. The summed E-state index contributed by atoms with van der Waals surface area (Å²) in [5.74, 6) is -1.50. The van der Waals surface area contributed by atoms with Crippen molar-refractivity contribution < 1.29 is 23.1 Å². The van der Waals surface area contributed by atoms with E-state index < -0.39 is 23.8 Å². The molecule has 2 aromatic rings. The highest BCUT2D eigenvalue weighted by Gasteiger charge is 2.34. The number of rotatable bonds is 4. The van der Waals surface area contributed by atoms with Crippen molar-refractivity contribution in [1.82, 2.24) is 25.7 Å². The third-order valence-corrected chi connectivity index (χ3v) is 4.31. The summed E-state index contributed by atoms with van der Waals surface area (Å²) >= 11 is 0. The molecule has 0 bridgehead atoms. The Bertz CT molecular complexity index is 789. The molecule has 0 radical (unpaired) electrons. The van der Waals surface area contributed by atoms with Gasteiger partial charge in [-0.25, -0.2) is 19.1 Å². The number of hydrogen-bond donors (Lipinski definition) is 1. The Hall–Kier alpha value is -2.86. The lowest BCUT2D eigenvalue weighted by Crippen LogP contribution is -2.31. The van der Waals surface area contributed by atoms with Crippen LogP contribution in [0.5, 0.6) is 0 Å². The molecule has 1 atom stereocenters. The predicted octanol–water partition coefficient (Wildman–Crippen LogP) is 0.318. The number of carbonyl (C=O) groups excluding carboxylic acids is 1. The number of aromatic nitrogens is 4. The zero-order valence-corrected chi connectivity index (χ0v) is 14.2. The van der Waals surface area contributed by atoms with Gasteiger partial charge >= 0.3 is 6.09 Å². The second-order valence-corrected chi connectivity index (χ2v) is 6.09. The number of nitrogens with zero attached hydrogens (tertiary/aromatic N) is 6. The van der Waals surface area contributed by atoms with E-state index in [-0.39, 0.29) is 24.5 Å². The van der Waals surface area contributed by atoms with Crippen molar-refractivity contribution in [1.29, 1.82) is 0 Å². The van der Waals surface area contributed by atoms with E-state index >= 15 is 0 Å². The van der Waals surface area contributed by atoms with Crippen LogP contribution in [0.3, 0.4) is 0 Å². The minimum absolute atomic E-state index is 0.0944. The standard InChI is InChI=1S/C15H17F2N7O3/c16-12-5-10(6-13(17)14(12)22-2-1-20-26-4-3-22)23-7-11(27-15(23)25)8-24-19-9-18-21-24/h5-6,9,11,20H,1-4,7-8H2/t11-/m1/s1. The molecule has 1 N–H and O–H groups in total. The first-order valence-electron chi connectivity index (χ1n) is 8.39. The third-order valence-electron chi connectivity index (χ3n) is 4.31. The van der Waals surface area contributed by atoms with Gasteiger partial charge in [0.05, 0.1) is 18.8 Å². The summed E-state index contributed by atoms with van der Waals surface area (Å²) in [7, 11) is 0. The van der Waals surface area contributed by atoms with Gasteiger partial charge in [-0.15, -0.1) is 10.2 Å². The average molecular weight is 381 g/mol. The predicted molar refractivity (Wildman–Crippen MR) is 88.0 cm³/mol. The molecule has 1 aromatic heterocycles. The number of anilines is 2. The van der Waals surface area contributed by atoms with E-state index in [2.05, 4.69) is 20.9 Å². The normalized spacial score (nSPS) is 20.7. The summed E-state index contributed by atoms with van der Waals surface area (Å²) in [4.78, 5) is 21.2. The van der Waals surface area contributed by atoms with Gasteiger partial charge in [0.25, 0.3) is 0 Å². The van der Waals surface area contributed by atoms with Gasteiger partial charge in [0.1, 0.15) is 18.3 Å². The largest absolute Gasteiger partial charge is 0.442 e. The first-order valence-corrected chi connectivity index (χ1v) is 8.39. The number of cyclic esters (lactones) is 1. The van der Waals surface area contributed by atoms with E-state index in [0.717, 1.165) is 12.1 Å². The maximum Gasteiger partial charge on any atom is 0.414 e. The van der Waals surface area contributed by atoms with Gasteiger partial charge in [-0.2, -0.15) is 4.80 Å². The molecule has 0 aliphatic carbocycles. The topological polar surface area (TPSA) is 97.6 Å². The summed E-state index contributed by atoms with van der Waals surface area (Å²) < 4.78 is 34.5. The summed E-state index contributed by atoms with van der Waals surface area (Å²) in [6, 6.07) is 2.27. The number of ether oxygens (including phenoxy) is 1. The van der Waals surface area contributed by atoms with Crippen LogP contribution in [-0.2, 0) is 16.1 Å². The van der Waals surface area contributed by atoms with Crippen LogP contribution in [0, 0.1) is 11.6 Å². The quantitative estimate of drug-likeness (QED) is 0.809. The molecule has 0 spiro atoms. The number of benzene rings is 1. The number of tetrazole rings is 1. The highest BCUT2D eigenvalue weighted by atomic mass is 19.1. The summed E-state index contributed by atoms with van der Waals surface area (Å²) in [6.45, 7) is 1.81. The Morgan fingerprint density at radius 2 is 2.07 bits per heavy atom. The smallest absolute Gasteiger partial charge is 0.414 e. The monoisotopic (exact) mass is 381 g/mol. The van der Waals surface area contributed by atoms with Crippen molar-refractivity contribution in [3.63, 3.8) is 0 Å². The van der Waals surface area contributed by atoms with Gasteiger partial charge in [-0.3, -0.25) is 9.74 Å². The molecular weight excluding hydrogens is 364 g/mol. The van der Waals surface area contributed by atoms with Crippen LogP contribution in [0.15, 0.2) is 18.5 Å².